The minimum absolute atomic E-state index is 0.0750. The fourth-order valence-corrected chi connectivity index (χ4v) is 2.73. The molecule has 0 aliphatic heterocycles. The summed E-state index contributed by atoms with van der Waals surface area (Å²) < 4.78 is 5.38. The van der Waals surface area contributed by atoms with Crippen LogP contribution in [0.2, 0.25) is 5.02 Å². The van der Waals surface area contributed by atoms with E-state index in [-0.39, 0.29) is 4.83 Å². The summed E-state index contributed by atoms with van der Waals surface area (Å²) in [5, 5.41) is 0.711. The molecular weight excluding hydrogens is 312 g/mol. The number of rotatable bonds is 3. The highest BCUT2D eigenvalue weighted by Gasteiger charge is 2.15. The molecule has 0 saturated carbocycles. The van der Waals surface area contributed by atoms with E-state index in [0.29, 0.717) is 5.02 Å². The molecular formula is C15H14BrClO. The van der Waals surface area contributed by atoms with E-state index in [1.807, 2.05) is 18.2 Å². The summed E-state index contributed by atoms with van der Waals surface area (Å²) in [7, 11) is 1.67. The second kappa shape index (κ2) is 5.77. The molecule has 18 heavy (non-hydrogen) atoms. The Bertz CT molecular complexity index is 554. The van der Waals surface area contributed by atoms with E-state index in [2.05, 4.69) is 47.1 Å². The first-order chi connectivity index (χ1) is 8.61. The summed E-state index contributed by atoms with van der Waals surface area (Å²) in [5.41, 5.74) is 3.46. The molecule has 0 spiro atoms. The smallest absolute Gasteiger partial charge is 0.123 e. The Morgan fingerprint density at radius 3 is 2.61 bits per heavy atom. The average Bonchev–Trinajstić information content (AvgIpc) is 2.38. The van der Waals surface area contributed by atoms with Crippen molar-refractivity contribution in [2.24, 2.45) is 0 Å². The molecule has 0 bridgehead atoms. The lowest BCUT2D eigenvalue weighted by Gasteiger charge is -2.15. The van der Waals surface area contributed by atoms with Crippen LogP contribution in [0.3, 0.4) is 0 Å². The number of benzene rings is 2. The van der Waals surface area contributed by atoms with E-state index in [0.717, 1.165) is 11.3 Å². The molecule has 2 aromatic carbocycles. The number of ether oxygens (including phenoxy) is 1. The molecule has 2 rings (SSSR count). The summed E-state index contributed by atoms with van der Waals surface area (Å²) >= 11 is 9.78. The summed E-state index contributed by atoms with van der Waals surface area (Å²) in [6.07, 6.45) is 0. The Morgan fingerprint density at radius 1 is 1.17 bits per heavy atom. The lowest BCUT2D eigenvalue weighted by Crippen LogP contribution is -1.97. The van der Waals surface area contributed by atoms with Crippen molar-refractivity contribution < 1.29 is 4.74 Å². The molecule has 1 nitrogen and oxygen atoms in total. The Kier molecular flexibility index (Phi) is 4.31. The lowest BCUT2D eigenvalue weighted by molar-refractivity contribution is 0.410. The normalized spacial score (nSPS) is 12.2. The Hall–Kier alpha value is -0.990. The molecule has 0 aliphatic rings. The molecule has 0 aromatic heterocycles. The summed E-state index contributed by atoms with van der Waals surface area (Å²) in [6.45, 7) is 2.08. The second-order valence-corrected chi connectivity index (χ2v) is 5.52. The van der Waals surface area contributed by atoms with Crippen molar-refractivity contribution in [3.8, 4) is 5.75 Å². The van der Waals surface area contributed by atoms with Crippen LogP contribution in [-0.4, -0.2) is 7.11 Å². The molecule has 0 aliphatic carbocycles. The van der Waals surface area contributed by atoms with Crippen molar-refractivity contribution in [2.45, 2.75) is 11.8 Å². The minimum atomic E-state index is 0.0750. The fourth-order valence-electron chi connectivity index (χ4n) is 1.91. The zero-order valence-corrected chi connectivity index (χ0v) is 12.6. The van der Waals surface area contributed by atoms with Gasteiger partial charge in [-0.3, -0.25) is 0 Å². The number of methoxy groups -OCH3 is 1. The summed E-state index contributed by atoms with van der Waals surface area (Å²) in [5.74, 6) is 0.836. The van der Waals surface area contributed by atoms with Gasteiger partial charge in [-0.05, 0) is 30.7 Å². The van der Waals surface area contributed by atoms with Gasteiger partial charge in [-0.1, -0.05) is 57.4 Å². The van der Waals surface area contributed by atoms with Crippen molar-refractivity contribution in [2.75, 3.05) is 7.11 Å². The highest BCUT2D eigenvalue weighted by atomic mass is 79.9. The van der Waals surface area contributed by atoms with Crippen LogP contribution in [-0.2, 0) is 0 Å². The van der Waals surface area contributed by atoms with Crippen LogP contribution < -0.4 is 4.74 Å². The van der Waals surface area contributed by atoms with Crippen molar-refractivity contribution >= 4 is 27.5 Å². The van der Waals surface area contributed by atoms with Crippen LogP contribution >= 0.6 is 27.5 Å². The van der Waals surface area contributed by atoms with Gasteiger partial charge in [0.25, 0.3) is 0 Å². The van der Waals surface area contributed by atoms with Gasteiger partial charge in [0.05, 0.1) is 11.9 Å². The van der Waals surface area contributed by atoms with Gasteiger partial charge >= 0.3 is 0 Å². The second-order valence-electron chi connectivity index (χ2n) is 4.16. The first-order valence-corrected chi connectivity index (χ1v) is 6.95. The van der Waals surface area contributed by atoms with Crippen LogP contribution in [0, 0.1) is 6.92 Å². The lowest BCUT2D eigenvalue weighted by atomic mass is 10.0. The van der Waals surface area contributed by atoms with E-state index in [4.69, 9.17) is 16.3 Å². The molecule has 1 atom stereocenters. The zero-order chi connectivity index (χ0) is 13.1. The third kappa shape index (κ3) is 2.88. The van der Waals surface area contributed by atoms with Gasteiger partial charge in [0.2, 0.25) is 0 Å². The van der Waals surface area contributed by atoms with Gasteiger partial charge in [0, 0.05) is 10.6 Å². The van der Waals surface area contributed by atoms with Crippen LogP contribution in [0.15, 0.2) is 42.5 Å². The molecule has 0 radical (unpaired) electrons. The largest absolute Gasteiger partial charge is 0.496 e. The van der Waals surface area contributed by atoms with E-state index in [1.165, 1.54) is 11.1 Å². The van der Waals surface area contributed by atoms with Gasteiger partial charge in [-0.2, -0.15) is 0 Å². The third-order valence-electron chi connectivity index (χ3n) is 2.80. The van der Waals surface area contributed by atoms with Gasteiger partial charge in [-0.15, -0.1) is 0 Å². The Labute approximate surface area is 121 Å². The van der Waals surface area contributed by atoms with Crippen molar-refractivity contribution in [1.82, 2.24) is 0 Å². The number of alkyl halides is 1. The average molecular weight is 326 g/mol. The first-order valence-electron chi connectivity index (χ1n) is 5.66. The monoisotopic (exact) mass is 324 g/mol. The van der Waals surface area contributed by atoms with E-state index in [1.54, 1.807) is 7.11 Å². The number of halogens is 2. The van der Waals surface area contributed by atoms with Gasteiger partial charge in [-0.25, -0.2) is 0 Å². The van der Waals surface area contributed by atoms with Gasteiger partial charge in [0.15, 0.2) is 0 Å². The minimum Gasteiger partial charge on any atom is -0.496 e. The molecule has 3 heteroatoms. The Morgan fingerprint density at radius 2 is 1.94 bits per heavy atom. The summed E-state index contributed by atoms with van der Waals surface area (Å²) in [4.78, 5) is 0.0750. The molecule has 0 heterocycles. The zero-order valence-electron chi connectivity index (χ0n) is 10.3. The van der Waals surface area contributed by atoms with Crippen molar-refractivity contribution in [3.05, 3.63) is 64.2 Å². The van der Waals surface area contributed by atoms with Crippen molar-refractivity contribution in [1.29, 1.82) is 0 Å². The molecule has 1 unspecified atom stereocenters. The van der Waals surface area contributed by atoms with Crippen LogP contribution in [0.4, 0.5) is 0 Å². The molecule has 94 valence electrons. The van der Waals surface area contributed by atoms with E-state index in [9.17, 15) is 0 Å². The Balaban J connectivity index is 2.44. The van der Waals surface area contributed by atoms with Crippen LogP contribution in [0.5, 0.6) is 5.75 Å². The quantitative estimate of drug-likeness (QED) is 0.710. The maximum absolute atomic E-state index is 6.06. The number of aryl methyl sites for hydroxylation is 1. The highest BCUT2D eigenvalue weighted by molar-refractivity contribution is 9.09. The highest BCUT2D eigenvalue weighted by Crippen LogP contribution is 2.38. The first kappa shape index (κ1) is 13.4. The summed E-state index contributed by atoms with van der Waals surface area (Å²) in [6, 6.07) is 14.0. The number of hydrogen-bond donors (Lipinski definition) is 0. The van der Waals surface area contributed by atoms with Gasteiger partial charge in [0.1, 0.15) is 5.75 Å². The van der Waals surface area contributed by atoms with E-state index >= 15 is 0 Å². The van der Waals surface area contributed by atoms with E-state index < -0.39 is 0 Å². The fraction of sp³-hybridized carbons (Fsp3) is 0.200. The maximum Gasteiger partial charge on any atom is 0.123 e. The molecule has 0 saturated heterocycles. The molecule has 0 fully saturated rings. The van der Waals surface area contributed by atoms with Gasteiger partial charge < -0.3 is 4.74 Å². The van der Waals surface area contributed by atoms with Crippen molar-refractivity contribution in [3.63, 3.8) is 0 Å². The predicted octanol–water partition coefficient (Wildman–Crippen LogP) is 5.14. The predicted molar refractivity (Wildman–Crippen MR) is 80.0 cm³/mol. The van der Waals surface area contributed by atoms with Crippen LogP contribution in [0.1, 0.15) is 21.5 Å². The molecule has 2 aromatic rings. The SMILES string of the molecule is COc1ccc(Cl)cc1C(Br)c1cccc(C)c1. The van der Waals surface area contributed by atoms with Crippen LogP contribution in [0.25, 0.3) is 0 Å². The topological polar surface area (TPSA) is 9.23 Å². The number of hydrogen-bond acceptors (Lipinski definition) is 1. The standard InChI is InChI=1S/C15H14BrClO/c1-10-4-3-5-11(8-10)15(16)13-9-12(17)6-7-14(13)18-2/h3-9,15H,1-2H3. The third-order valence-corrected chi connectivity index (χ3v) is 4.06. The molecule has 0 N–H and O–H groups in total. The molecule has 0 amide bonds. The maximum atomic E-state index is 6.06.